The summed E-state index contributed by atoms with van der Waals surface area (Å²) < 4.78 is 0. The zero-order chi connectivity index (χ0) is 25.9. The van der Waals surface area contributed by atoms with Gasteiger partial charge in [0.2, 0.25) is 5.91 Å². The first kappa shape index (κ1) is 26.9. The van der Waals surface area contributed by atoms with Crippen LogP contribution in [0.4, 0.5) is 0 Å². The van der Waals surface area contributed by atoms with Gasteiger partial charge in [0.25, 0.3) is 5.91 Å². The molecular weight excluding hydrogens is 458 g/mol. The average Bonchev–Trinajstić information content (AvgIpc) is 3.34. The third-order valence-electron chi connectivity index (χ3n) is 5.87. The van der Waals surface area contributed by atoms with Crippen LogP contribution in [0.15, 0.2) is 60.7 Å². The predicted octanol–water partition coefficient (Wildman–Crippen LogP) is 4.93. The number of H-pyrrole nitrogens is 1. The maximum atomic E-state index is 13.3. The second kappa shape index (κ2) is 13.4. The van der Waals surface area contributed by atoms with Gasteiger partial charge < -0.3 is 15.2 Å². The number of aromatic nitrogens is 1. The van der Waals surface area contributed by atoms with Crippen LogP contribution in [0.5, 0.6) is 0 Å². The fourth-order valence-electron chi connectivity index (χ4n) is 3.99. The number of aromatic amines is 1. The van der Waals surface area contributed by atoms with Gasteiger partial charge in [0.05, 0.1) is 6.42 Å². The van der Waals surface area contributed by atoms with Gasteiger partial charge in [-0.2, -0.15) is 4.89 Å². The maximum Gasteiger partial charge on any atom is 0.342 e. The highest BCUT2D eigenvalue weighted by molar-refractivity contribution is 6.00. The molecule has 2 unspecified atom stereocenters. The van der Waals surface area contributed by atoms with Crippen molar-refractivity contribution in [1.29, 1.82) is 0 Å². The lowest BCUT2D eigenvalue weighted by atomic mass is 10.1. The zero-order valence-corrected chi connectivity index (χ0v) is 21.2. The van der Waals surface area contributed by atoms with E-state index in [0.717, 1.165) is 29.3 Å². The van der Waals surface area contributed by atoms with Crippen LogP contribution in [-0.4, -0.2) is 46.8 Å². The summed E-state index contributed by atoms with van der Waals surface area (Å²) in [6.07, 6.45) is 1.16. The summed E-state index contributed by atoms with van der Waals surface area (Å²) in [5.74, 6) is -1.22. The molecule has 0 aliphatic carbocycles. The smallest absolute Gasteiger partial charge is 0.342 e. The molecule has 8 heteroatoms. The first-order chi connectivity index (χ1) is 17.4. The van der Waals surface area contributed by atoms with Crippen LogP contribution in [0.2, 0.25) is 0 Å². The van der Waals surface area contributed by atoms with Crippen LogP contribution >= 0.6 is 0 Å². The lowest BCUT2D eigenvalue weighted by molar-refractivity contribution is -0.297. The van der Waals surface area contributed by atoms with Gasteiger partial charge in [0.15, 0.2) is 0 Å². The van der Waals surface area contributed by atoms with Gasteiger partial charge in [0.1, 0.15) is 17.8 Å². The van der Waals surface area contributed by atoms with Crippen molar-refractivity contribution in [1.82, 2.24) is 15.2 Å². The Morgan fingerprint density at radius 2 is 1.64 bits per heavy atom. The van der Waals surface area contributed by atoms with Crippen LogP contribution in [-0.2, 0) is 19.4 Å². The number of nitrogens with zero attached hydrogens (tertiary/aromatic N) is 1. The monoisotopic (exact) mass is 493 g/mol. The molecule has 192 valence electrons. The van der Waals surface area contributed by atoms with Crippen LogP contribution < -0.4 is 5.32 Å². The van der Waals surface area contributed by atoms with Gasteiger partial charge in [-0.3, -0.25) is 14.5 Å². The number of fused-ring (bicyclic) bond motifs is 1. The number of para-hydroxylation sites is 1. The van der Waals surface area contributed by atoms with E-state index in [1.807, 2.05) is 68.4 Å². The van der Waals surface area contributed by atoms with Crippen molar-refractivity contribution in [3.05, 3.63) is 71.9 Å². The molecule has 0 spiro atoms. The summed E-state index contributed by atoms with van der Waals surface area (Å²) in [6.45, 7) is 6.93. The fraction of sp³-hybridized carbons (Fsp3) is 0.393. The third-order valence-corrected chi connectivity index (χ3v) is 5.87. The number of nitrogens with one attached hydrogen (secondary N) is 2. The van der Waals surface area contributed by atoms with Gasteiger partial charge in [-0.15, -0.1) is 0 Å². The molecule has 2 amide bonds. The Morgan fingerprint density at radius 3 is 2.31 bits per heavy atom. The molecule has 1 heterocycles. The number of benzene rings is 2. The van der Waals surface area contributed by atoms with E-state index in [1.54, 1.807) is 17.9 Å². The van der Waals surface area contributed by atoms with E-state index in [0.29, 0.717) is 18.8 Å². The second-order valence-corrected chi connectivity index (χ2v) is 8.76. The number of hydrogen-bond donors (Lipinski definition) is 2. The largest absolute Gasteiger partial charge is 0.351 e. The van der Waals surface area contributed by atoms with E-state index in [1.165, 1.54) is 0 Å². The van der Waals surface area contributed by atoms with Crippen molar-refractivity contribution in [3.8, 4) is 0 Å². The topological polar surface area (TPSA) is 101 Å². The Balaban J connectivity index is 1.65. The summed E-state index contributed by atoms with van der Waals surface area (Å²) in [7, 11) is 0. The molecule has 3 aromatic rings. The van der Waals surface area contributed by atoms with E-state index in [2.05, 4.69) is 10.3 Å². The molecule has 36 heavy (non-hydrogen) atoms. The molecular formula is C28H35N3O5. The van der Waals surface area contributed by atoms with E-state index in [9.17, 15) is 14.4 Å². The molecule has 2 aromatic carbocycles. The standard InChI is InChI=1S/C28H35N3O5/c1-4-17-31(18-5-2)28(34)24(30-27(33)25-19-22-13-9-10-14-23(22)29-25)15-16-26(32)36-35-20(3)21-11-7-6-8-12-21/h6-14,19-20,24,29H,4-5,15-18H2,1-3H3,(H,30,33). The van der Waals surface area contributed by atoms with Crippen molar-refractivity contribution in [2.75, 3.05) is 13.1 Å². The van der Waals surface area contributed by atoms with E-state index in [4.69, 9.17) is 9.78 Å². The van der Waals surface area contributed by atoms with Crippen LogP contribution in [0.25, 0.3) is 10.9 Å². The maximum absolute atomic E-state index is 13.3. The summed E-state index contributed by atoms with van der Waals surface area (Å²) in [6, 6.07) is 17.8. The number of hydrogen-bond acceptors (Lipinski definition) is 5. The Labute approximate surface area is 211 Å². The van der Waals surface area contributed by atoms with Gasteiger partial charge in [-0.25, -0.2) is 4.79 Å². The first-order valence-electron chi connectivity index (χ1n) is 12.5. The summed E-state index contributed by atoms with van der Waals surface area (Å²) in [4.78, 5) is 53.8. The Kier molecular flexibility index (Phi) is 10.1. The number of amides is 2. The predicted molar refractivity (Wildman–Crippen MR) is 138 cm³/mol. The highest BCUT2D eigenvalue weighted by Gasteiger charge is 2.27. The molecule has 0 fully saturated rings. The van der Waals surface area contributed by atoms with E-state index >= 15 is 0 Å². The molecule has 2 N–H and O–H groups in total. The average molecular weight is 494 g/mol. The van der Waals surface area contributed by atoms with Crippen molar-refractivity contribution in [2.45, 2.75) is 58.6 Å². The molecule has 0 aliphatic rings. The summed E-state index contributed by atoms with van der Waals surface area (Å²) in [5, 5.41) is 3.73. The van der Waals surface area contributed by atoms with Crippen molar-refractivity contribution >= 4 is 28.7 Å². The summed E-state index contributed by atoms with van der Waals surface area (Å²) in [5.41, 5.74) is 2.06. The normalized spacial score (nSPS) is 12.6. The van der Waals surface area contributed by atoms with E-state index < -0.39 is 24.0 Å². The second-order valence-electron chi connectivity index (χ2n) is 8.76. The lowest BCUT2D eigenvalue weighted by Crippen LogP contribution is -2.49. The number of carbonyl (C=O) groups is 3. The van der Waals surface area contributed by atoms with Gasteiger partial charge in [-0.05, 0) is 43.9 Å². The Hall–Kier alpha value is -3.65. The van der Waals surface area contributed by atoms with Gasteiger partial charge in [-0.1, -0.05) is 62.4 Å². The molecule has 0 aliphatic heterocycles. The first-order valence-corrected chi connectivity index (χ1v) is 12.5. The summed E-state index contributed by atoms with van der Waals surface area (Å²) >= 11 is 0. The van der Waals surface area contributed by atoms with Crippen LogP contribution in [0.1, 0.15) is 68.6 Å². The minimum Gasteiger partial charge on any atom is -0.351 e. The molecule has 8 nitrogen and oxygen atoms in total. The quantitative estimate of drug-likeness (QED) is 0.260. The van der Waals surface area contributed by atoms with Gasteiger partial charge in [0, 0.05) is 24.0 Å². The number of carbonyl (C=O) groups excluding carboxylic acids is 3. The zero-order valence-electron chi connectivity index (χ0n) is 21.2. The Morgan fingerprint density at radius 1 is 0.972 bits per heavy atom. The highest BCUT2D eigenvalue weighted by atomic mass is 17.2. The molecule has 0 bridgehead atoms. The lowest BCUT2D eigenvalue weighted by Gasteiger charge is -2.27. The van der Waals surface area contributed by atoms with Crippen molar-refractivity contribution in [2.24, 2.45) is 0 Å². The van der Waals surface area contributed by atoms with Crippen molar-refractivity contribution in [3.63, 3.8) is 0 Å². The highest BCUT2D eigenvalue weighted by Crippen LogP contribution is 2.18. The minimum absolute atomic E-state index is 0.0863. The molecule has 3 rings (SSSR count). The van der Waals surface area contributed by atoms with Crippen LogP contribution in [0, 0.1) is 0 Å². The van der Waals surface area contributed by atoms with E-state index in [-0.39, 0.29) is 18.7 Å². The molecule has 1 aromatic heterocycles. The molecule has 0 radical (unpaired) electrons. The molecule has 0 saturated heterocycles. The SMILES string of the molecule is CCCN(CCC)C(=O)C(CCC(=O)OOC(C)c1ccccc1)NC(=O)c1cc2ccccc2[nH]1. The fourth-order valence-corrected chi connectivity index (χ4v) is 3.99. The van der Waals surface area contributed by atoms with Gasteiger partial charge >= 0.3 is 5.97 Å². The van der Waals surface area contributed by atoms with Crippen LogP contribution in [0.3, 0.4) is 0 Å². The number of rotatable bonds is 13. The molecule has 0 saturated carbocycles. The van der Waals surface area contributed by atoms with Crippen molar-refractivity contribution < 1.29 is 24.2 Å². The Bertz CT molecular complexity index is 1110. The third kappa shape index (κ3) is 7.42. The molecule has 2 atom stereocenters. The minimum atomic E-state index is -0.874.